The maximum atomic E-state index is 13.2. The summed E-state index contributed by atoms with van der Waals surface area (Å²) < 4.78 is 18.4. The zero-order valence-electron chi connectivity index (χ0n) is 13.2. The van der Waals surface area contributed by atoms with Crippen molar-refractivity contribution < 1.29 is 18.7 Å². The number of aromatic nitrogens is 3. The van der Waals surface area contributed by atoms with Crippen LogP contribution in [0.5, 0.6) is 5.75 Å². The highest BCUT2D eigenvalue weighted by Crippen LogP contribution is 2.21. The van der Waals surface area contributed by atoms with Gasteiger partial charge in [0.05, 0.1) is 11.9 Å². The minimum absolute atomic E-state index is 0.0799. The minimum Gasteiger partial charge on any atom is -0.508 e. The first-order valence-corrected chi connectivity index (χ1v) is 7.25. The third kappa shape index (κ3) is 3.39. The highest BCUT2D eigenvalue weighted by atomic mass is 19.1. The fraction of sp³-hybridized carbons (Fsp3) is 0.125. The van der Waals surface area contributed by atoms with Crippen LogP contribution in [0.4, 0.5) is 10.2 Å². The highest BCUT2D eigenvalue weighted by Gasteiger charge is 2.19. The summed E-state index contributed by atoms with van der Waals surface area (Å²) in [6.07, 6.45) is 2.84. The van der Waals surface area contributed by atoms with E-state index in [4.69, 9.17) is 10.2 Å². The number of phenolic OH excluding ortho intramolecular Hbond substituents is 1. The van der Waals surface area contributed by atoms with Crippen molar-refractivity contribution in [1.29, 1.82) is 0 Å². The molecular weight excluding hydrogens is 329 g/mol. The van der Waals surface area contributed by atoms with Crippen molar-refractivity contribution >= 4 is 11.7 Å². The topological polar surface area (TPSA) is 127 Å². The number of hydrogen-bond acceptors (Lipinski definition) is 7. The Morgan fingerprint density at radius 3 is 2.92 bits per heavy atom. The molecule has 2 heterocycles. The summed E-state index contributed by atoms with van der Waals surface area (Å²) in [7, 11) is 0. The van der Waals surface area contributed by atoms with E-state index < -0.39 is 11.7 Å². The molecule has 0 fully saturated rings. The predicted octanol–water partition coefficient (Wildman–Crippen LogP) is 1.80. The summed E-state index contributed by atoms with van der Waals surface area (Å²) in [5, 5.41) is 12.2. The van der Waals surface area contributed by atoms with Crippen molar-refractivity contribution in [3.8, 4) is 17.3 Å². The predicted molar refractivity (Wildman–Crippen MR) is 85.9 cm³/mol. The van der Waals surface area contributed by atoms with E-state index in [0.717, 1.165) is 12.1 Å². The van der Waals surface area contributed by atoms with Gasteiger partial charge >= 0.3 is 0 Å². The number of carbonyl (C=O) groups is 1. The second-order valence-corrected chi connectivity index (χ2v) is 5.18. The number of amides is 1. The van der Waals surface area contributed by atoms with Crippen LogP contribution >= 0.6 is 0 Å². The molecule has 0 aliphatic rings. The zero-order valence-corrected chi connectivity index (χ0v) is 13.2. The number of aryl methyl sites for hydroxylation is 1. The van der Waals surface area contributed by atoms with Gasteiger partial charge in [-0.1, -0.05) is 0 Å². The van der Waals surface area contributed by atoms with E-state index in [0.29, 0.717) is 11.4 Å². The van der Waals surface area contributed by atoms with Gasteiger partial charge in [-0.15, -0.1) is 0 Å². The average Bonchev–Trinajstić information content (AvgIpc) is 3.11. The lowest BCUT2D eigenvalue weighted by Crippen LogP contribution is -2.26. The first-order chi connectivity index (χ1) is 12.0. The number of aromatic hydroxyl groups is 1. The number of hydrogen-bond donors (Lipinski definition) is 3. The molecule has 1 aromatic carbocycles. The number of nitrogens with zero attached hydrogens (tertiary/aromatic N) is 3. The Kier molecular flexibility index (Phi) is 4.29. The molecule has 8 nitrogen and oxygen atoms in total. The zero-order chi connectivity index (χ0) is 18.0. The van der Waals surface area contributed by atoms with E-state index in [9.17, 15) is 14.3 Å². The quantitative estimate of drug-likeness (QED) is 0.659. The van der Waals surface area contributed by atoms with Crippen LogP contribution in [-0.2, 0) is 6.54 Å². The van der Waals surface area contributed by atoms with E-state index in [1.807, 2.05) is 0 Å². The summed E-state index contributed by atoms with van der Waals surface area (Å²) in [5.41, 5.74) is 6.70. The normalized spacial score (nSPS) is 10.6. The largest absolute Gasteiger partial charge is 0.508 e. The van der Waals surface area contributed by atoms with Crippen LogP contribution < -0.4 is 11.1 Å². The Labute approximate surface area is 141 Å². The van der Waals surface area contributed by atoms with Gasteiger partial charge in [-0.05, 0) is 25.1 Å². The van der Waals surface area contributed by atoms with Crippen LogP contribution in [0, 0.1) is 12.7 Å². The Morgan fingerprint density at radius 1 is 1.40 bits per heavy atom. The van der Waals surface area contributed by atoms with Gasteiger partial charge in [-0.2, -0.15) is 0 Å². The van der Waals surface area contributed by atoms with Crippen LogP contribution in [0.1, 0.15) is 21.7 Å². The van der Waals surface area contributed by atoms with E-state index >= 15 is 0 Å². The van der Waals surface area contributed by atoms with E-state index in [1.165, 1.54) is 18.5 Å². The molecule has 1 amide bonds. The van der Waals surface area contributed by atoms with Crippen LogP contribution in [0.3, 0.4) is 0 Å². The van der Waals surface area contributed by atoms with Gasteiger partial charge in [-0.3, -0.25) is 4.79 Å². The Hall–Kier alpha value is -3.49. The molecule has 9 heteroatoms. The number of anilines is 1. The summed E-state index contributed by atoms with van der Waals surface area (Å²) >= 11 is 0. The number of rotatable bonds is 4. The molecule has 0 spiro atoms. The van der Waals surface area contributed by atoms with Crippen LogP contribution in [-0.4, -0.2) is 26.0 Å². The lowest BCUT2D eigenvalue weighted by atomic mass is 10.2. The summed E-state index contributed by atoms with van der Waals surface area (Å²) in [6, 6.07) is 3.46. The fourth-order valence-corrected chi connectivity index (χ4v) is 2.20. The third-order valence-electron chi connectivity index (χ3n) is 3.43. The van der Waals surface area contributed by atoms with E-state index in [2.05, 4.69) is 20.3 Å². The number of phenols is 1. The number of nitrogens with two attached hydrogens (primary N) is 1. The molecule has 0 radical (unpaired) electrons. The molecular formula is C16H14FN5O3. The van der Waals surface area contributed by atoms with Gasteiger partial charge in [0, 0.05) is 12.1 Å². The number of benzene rings is 1. The molecule has 3 aromatic rings. The number of halogens is 1. The van der Waals surface area contributed by atoms with Crippen molar-refractivity contribution in [1.82, 2.24) is 20.3 Å². The van der Waals surface area contributed by atoms with Crippen LogP contribution in [0.15, 0.2) is 35.1 Å². The second kappa shape index (κ2) is 6.56. The molecule has 0 unspecified atom stereocenters. The van der Waals surface area contributed by atoms with Crippen molar-refractivity contribution in [3.05, 3.63) is 53.4 Å². The molecule has 0 aliphatic heterocycles. The highest BCUT2D eigenvalue weighted by molar-refractivity contribution is 5.96. The SMILES string of the molecule is Cc1nc(C(=O)NCc2cc(F)ccc2O)c(N)nc1-c1ncco1. The first-order valence-electron chi connectivity index (χ1n) is 7.25. The summed E-state index contributed by atoms with van der Waals surface area (Å²) in [4.78, 5) is 24.5. The Morgan fingerprint density at radius 2 is 2.20 bits per heavy atom. The molecule has 0 saturated carbocycles. The van der Waals surface area contributed by atoms with Gasteiger partial charge < -0.3 is 20.6 Å². The molecule has 0 atom stereocenters. The Bertz CT molecular complexity index is 928. The first kappa shape index (κ1) is 16.4. The van der Waals surface area contributed by atoms with Crippen LogP contribution in [0.25, 0.3) is 11.6 Å². The second-order valence-electron chi connectivity index (χ2n) is 5.18. The van der Waals surface area contributed by atoms with Crippen molar-refractivity contribution in [2.75, 3.05) is 5.73 Å². The van der Waals surface area contributed by atoms with Gasteiger partial charge in [0.1, 0.15) is 23.5 Å². The monoisotopic (exact) mass is 343 g/mol. The van der Waals surface area contributed by atoms with E-state index in [1.54, 1.807) is 6.92 Å². The maximum Gasteiger partial charge on any atom is 0.274 e. The van der Waals surface area contributed by atoms with Gasteiger partial charge in [0.25, 0.3) is 5.91 Å². The van der Waals surface area contributed by atoms with Crippen LogP contribution in [0.2, 0.25) is 0 Å². The molecule has 128 valence electrons. The number of nitrogen functional groups attached to an aromatic ring is 1. The maximum absolute atomic E-state index is 13.2. The van der Waals surface area contributed by atoms with Crippen molar-refractivity contribution in [3.63, 3.8) is 0 Å². The van der Waals surface area contributed by atoms with Gasteiger partial charge in [-0.25, -0.2) is 19.3 Å². The molecule has 3 rings (SSSR count). The van der Waals surface area contributed by atoms with E-state index in [-0.39, 0.29) is 35.3 Å². The number of oxazole rings is 1. The standard InChI is InChI=1S/C16H14FN5O3/c1-8-12(16-19-4-5-25-16)22-14(18)13(21-8)15(24)20-7-9-6-10(17)2-3-11(9)23/h2-6,23H,7H2,1H3,(H2,18,22)(H,20,24). The lowest BCUT2D eigenvalue weighted by Gasteiger charge is -2.10. The third-order valence-corrected chi connectivity index (χ3v) is 3.43. The summed E-state index contributed by atoms with van der Waals surface area (Å²) in [5.74, 6) is -1.10. The van der Waals surface area contributed by atoms with Crippen molar-refractivity contribution in [2.24, 2.45) is 0 Å². The van der Waals surface area contributed by atoms with Crippen molar-refractivity contribution in [2.45, 2.75) is 13.5 Å². The fourth-order valence-electron chi connectivity index (χ4n) is 2.20. The molecule has 0 saturated heterocycles. The number of nitrogens with one attached hydrogen (secondary N) is 1. The molecule has 0 bridgehead atoms. The number of carbonyl (C=O) groups excluding carboxylic acids is 1. The molecule has 25 heavy (non-hydrogen) atoms. The minimum atomic E-state index is -0.601. The summed E-state index contributed by atoms with van der Waals surface area (Å²) in [6.45, 7) is 1.55. The van der Waals surface area contributed by atoms with Gasteiger partial charge in [0.15, 0.2) is 11.5 Å². The molecule has 4 N–H and O–H groups in total. The molecule has 2 aromatic heterocycles. The van der Waals surface area contributed by atoms with Gasteiger partial charge in [0.2, 0.25) is 5.89 Å². The molecule has 0 aliphatic carbocycles. The smallest absolute Gasteiger partial charge is 0.274 e. The Balaban J connectivity index is 1.80. The lowest BCUT2D eigenvalue weighted by molar-refractivity contribution is 0.0946. The average molecular weight is 343 g/mol.